The normalized spacial score (nSPS) is 10.4. The first-order valence-corrected chi connectivity index (χ1v) is 6.37. The molecule has 19 heavy (non-hydrogen) atoms. The molecule has 0 saturated heterocycles. The summed E-state index contributed by atoms with van der Waals surface area (Å²) in [5.41, 5.74) is 2.15. The van der Waals surface area contributed by atoms with Crippen LogP contribution in [0.3, 0.4) is 0 Å². The quantitative estimate of drug-likeness (QED) is 0.823. The first kappa shape index (κ1) is 13.3. The summed E-state index contributed by atoms with van der Waals surface area (Å²) in [6.07, 6.45) is 5.68. The molecule has 1 heterocycles. The number of hydrogen-bond donors (Lipinski definition) is 2. The lowest BCUT2D eigenvalue weighted by Gasteiger charge is -2.04. The van der Waals surface area contributed by atoms with Gasteiger partial charge in [-0.3, -0.25) is 4.79 Å². The Morgan fingerprint density at radius 3 is 2.58 bits per heavy atom. The van der Waals surface area contributed by atoms with Gasteiger partial charge in [-0.2, -0.15) is 0 Å². The van der Waals surface area contributed by atoms with Gasteiger partial charge in [-0.05, 0) is 42.2 Å². The highest BCUT2D eigenvalue weighted by molar-refractivity contribution is 5.76. The van der Waals surface area contributed by atoms with Crippen LogP contribution in [0.2, 0.25) is 0 Å². The van der Waals surface area contributed by atoms with E-state index in [1.54, 1.807) is 12.1 Å². The zero-order valence-electron chi connectivity index (χ0n) is 10.7. The van der Waals surface area contributed by atoms with Crippen LogP contribution in [0.15, 0.2) is 42.7 Å². The first-order valence-electron chi connectivity index (χ1n) is 6.37. The maximum absolute atomic E-state index is 12.7. The largest absolute Gasteiger partial charge is 0.367 e. The number of nitrogens with one attached hydrogen (secondary N) is 2. The van der Waals surface area contributed by atoms with Crippen molar-refractivity contribution < 1.29 is 9.18 Å². The molecule has 0 aliphatic heterocycles. The Bertz CT molecular complexity index is 505. The van der Waals surface area contributed by atoms with Gasteiger partial charge in [0.2, 0.25) is 5.91 Å². The van der Waals surface area contributed by atoms with Crippen LogP contribution in [0.5, 0.6) is 0 Å². The monoisotopic (exact) mass is 260 g/mol. The molecule has 100 valence electrons. The Labute approximate surface area is 111 Å². The van der Waals surface area contributed by atoms with Crippen molar-refractivity contribution in [2.75, 3.05) is 6.54 Å². The second kappa shape index (κ2) is 6.73. The number of rotatable bonds is 6. The second-order valence-electron chi connectivity index (χ2n) is 4.45. The molecule has 1 aromatic heterocycles. The summed E-state index contributed by atoms with van der Waals surface area (Å²) in [7, 11) is 0. The molecule has 0 saturated carbocycles. The molecule has 2 aromatic rings. The van der Waals surface area contributed by atoms with Crippen molar-refractivity contribution in [3.05, 3.63) is 59.7 Å². The van der Waals surface area contributed by atoms with Crippen molar-refractivity contribution in [1.29, 1.82) is 0 Å². The van der Waals surface area contributed by atoms with Crippen molar-refractivity contribution in [2.45, 2.75) is 19.3 Å². The summed E-state index contributed by atoms with van der Waals surface area (Å²) in [6, 6.07) is 8.24. The molecule has 0 aliphatic rings. The zero-order chi connectivity index (χ0) is 13.5. The van der Waals surface area contributed by atoms with Crippen LogP contribution >= 0.6 is 0 Å². The summed E-state index contributed by atoms with van der Waals surface area (Å²) in [5, 5.41) is 2.88. The van der Waals surface area contributed by atoms with E-state index in [0.29, 0.717) is 19.4 Å². The minimum Gasteiger partial charge on any atom is -0.367 e. The molecule has 1 aromatic carbocycles. The Balaban J connectivity index is 1.65. The molecule has 0 fully saturated rings. The van der Waals surface area contributed by atoms with Gasteiger partial charge >= 0.3 is 0 Å². The number of amides is 1. The molecule has 0 unspecified atom stereocenters. The summed E-state index contributed by atoms with van der Waals surface area (Å²) in [6.45, 7) is 0.639. The fourth-order valence-electron chi connectivity index (χ4n) is 1.86. The molecule has 4 heteroatoms. The molecule has 0 spiro atoms. The van der Waals surface area contributed by atoms with Crippen LogP contribution in [0.4, 0.5) is 4.39 Å². The zero-order valence-corrected chi connectivity index (χ0v) is 10.7. The minimum absolute atomic E-state index is 0.0276. The number of carbonyl (C=O) groups is 1. The van der Waals surface area contributed by atoms with Crippen molar-refractivity contribution in [3.63, 3.8) is 0 Å². The number of aromatic nitrogens is 1. The highest BCUT2D eigenvalue weighted by Crippen LogP contribution is 2.05. The van der Waals surface area contributed by atoms with Gasteiger partial charge in [0, 0.05) is 25.4 Å². The third kappa shape index (κ3) is 4.58. The van der Waals surface area contributed by atoms with E-state index in [1.807, 2.05) is 18.5 Å². The molecular weight excluding hydrogens is 243 g/mol. The Morgan fingerprint density at radius 2 is 1.89 bits per heavy atom. The highest BCUT2D eigenvalue weighted by atomic mass is 19.1. The Kier molecular flexibility index (Phi) is 4.72. The standard InChI is InChI=1S/C15H17FN2O/c16-14-4-1-12(2-5-14)3-6-15(19)18-10-8-13-7-9-17-11-13/h1-2,4-5,7,9,11,17H,3,6,8,10H2,(H,18,19). The molecular formula is C15H17FN2O. The van der Waals surface area contributed by atoms with Gasteiger partial charge in [0.25, 0.3) is 0 Å². The molecule has 0 radical (unpaired) electrons. The van der Waals surface area contributed by atoms with Gasteiger partial charge in [0.05, 0.1) is 0 Å². The van der Waals surface area contributed by atoms with Crippen LogP contribution in [-0.4, -0.2) is 17.4 Å². The van der Waals surface area contributed by atoms with Crippen LogP contribution < -0.4 is 5.32 Å². The van der Waals surface area contributed by atoms with Crippen molar-refractivity contribution in [2.24, 2.45) is 0 Å². The average molecular weight is 260 g/mol. The smallest absolute Gasteiger partial charge is 0.220 e. The van der Waals surface area contributed by atoms with Gasteiger partial charge in [0.1, 0.15) is 5.82 Å². The maximum atomic E-state index is 12.7. The first-order chi connectivity index (χ1) is 9.24. The van der Waals surface area contributed by atoms with Crippen LogP contribution in [0.25, 0.3) is 0 Å². The predicted octanol–water partition coefficient (Wildman–Crippen LogP) is 2.45. The number of aryl methyl sites for hydroxylation is 1. The number of benzene rings is 1. The van der Waals surface area contributed by atoms with Gasteiger partial charge in [-0.15, -0.1) is 0 Å². The van der Waals surface area contributed by atoms with E-state index in [1.165, 1.54) is 17.7 Å². The summed E-state index contributed by atoms with van der Waals surface area (Å²) in [5.74, 6) is -0.223. The van der Waals surface area contributed by atoms with Crippen molar-refractivity contribution in [1.82, 2.24) is 10.3 Å². The third-order valence-corrected chi connectivity index (χ3v) is 2.95. The van der Waals surface area contributed by atoms with E-state index in [-0.39, 0.29) is 11.7 Å². The predicted molar refractivity (Wildman–Crippen MR) is 72.2 cm³/mol. The molecule has 3 nitrogen and oxygen atoms in total. The van der Waals surface area contributed by atoms with E-state index >= 15 is 0 Å². The fourth-order valence-corrected chi connectivity index (χ4v) is 1.86. The van der Waals surface area contributed by atoms with E-state index < -0.39 is 0 Å². The third-order valence-electron chi connectivity index (χ3n) is 2.95. The molecule has 0 atom stereocenters. The second-order valence-corrected chi connectivity index (χ2v) is 4.45. The number of carbonyl (C=O) groups excluding carboxylic acids is 1. The molecule has 1 amide bonds. The van der Waals surface area contributed by atoms with Crippen molar-refractivity contribution in [3.8, 4) is 0 Å². The number of hydrogen-bond acceptors (Lipinski definition) is 1. The van der Waals surface area contributed by atoms with Gasteiger partial charge < -0.3 is 10.3 Å². The van der Waals surface area contributed by atoms with Crippen LogP contribution in [-0.2, 0) is 17.6 Å². The lowest BCUT2D eigenvalue weighted by Crippen LogP contribution is -2.25. The van der Waals surface area contributed by atoms with E-state index in [4.69, 9.17) is 0 Å². The molecule has 2 rings (SSSR count). The minimum atomic E-state index is -0.250. The molecule has 0 bridgehead atoms. The number of halogens is 1. The van der Waals surface area contributed by atoms with Crippen LogP contribution in [0.1, 0.15) is 17.5 Å². The van der Waals surface area contributed by atoms with E-state index in [2.05, 4.69) is 10.3 Å². The SMILES string of the molecule is O=C(CCc1ccc(F)cc1)NCCc1cc[nH]c1. The van der Waals surface area contributed by atoms with Gasteiger partial charge in [-0.25, -0.2) is 4.39 Å². The lowest BCUT2D eigenvalue weighted by molar-refractivity contribution is -0.121. The fraction of sp³-hybridized carbons (Fsp3) is 0.267. The van der Waals surface area contributed by atoms with E-state index in [0.717, 1.165) is 12.0 Å². The van der Waals surface area contributed by atoms with Crippen LogP contribution in [0, 0.1) is 5.82 Å². The van der Waals surface area contributed by atoms with Gasteiger partial charge in [0.15, 0.2) is 0 Å². The van der Waals surface area contributed by atoms with Gasteiger partial charge in [-0.1, -0.05) is 12.1 Å². The van der Waals surface area contributed by atoms with E-state index in [9.17, 15) is 9.18 Å². The topological polar surface area (TPSA) is 44.9 Å². The Morgan fingerprint density at radius 1 is 1.11 bits per heavy atom. The summed E-state index contributed by atoms with van der Waals surface area (Å²) < 4.78 is 12.7. The highest BCUT2D eigenvalue weighted by Gasteiger charge is 2.02. The molecule has 2 N–H and O–H groups in total. The Hall–Kier alpha value is -2.10. The van der Waals surface area contributed by atoms with Crippen molar-refractivity contribution >= 4 is 5.91 Å². The summed E-state index contributed by atoms with van der Waals surface area (Å²) in [4.78, 5) is 14.6. The lowest BCUT2D eigenvalue weighted by atomic mass is 10.1. The number of H-pyrrole nitrogens is 1. The molecule has 0 aliphatic carbocycles. The average Bonchev–Trinajstić information content (AvgIpc) is 2.91. The maximum Gasteiger partial charge on any atom is 0.220 e. The number of aromatic amines is 1. The summed E-state index contributed by atoms with van der Waals surface area (Å²) >= 11 is 0.